The van der Waals surface area contributed by atoms with Crippen LogP contribution in [0.1, 0.15) is 19.4 Å². The van der Waals surface area contributed by atoms with E-state index in [1.165, 1.54) is 0 Å². The van der Waals surface area contributed by atoms with E-state index in [-0.39, 0.29) is 6.10 Å². The third-order valence-corrected chi connectivity index (χ3v) is 3.70. The number of hydrogen-bond donors (Lipinski definition) is 1. The van der Waals surface area contributed by atoms with Crippen molar-refractivity contribution in [2.75, 3.05) is 0 Å². The van der Waals surface area contributed by atoms with E-state index in [0.29, 0.717) is 5.92 Å². The maximum Gasteiger partial charge on any atom is 0.142 e. The third-order valence-electron chi connectivity index (χ3n) is 3.70. The molecule has 0 saturated heterocycles. The highest BCUT2D eigenvalue weighted by molar-refractivity contribution is 5.48. The second-order valence-electron chi connectivity index (χ2n) is 5.56. The molecule has 2 nitrogen and oxygen atoms in total. The molecule has 1 aromatic carbocycles. The zero-order valence-electron chi connectivity index (χ0n) is 11.3. The molecule has 1 heterocycles. The number of fused-ring (bicyclic) bond motifs is 2. The van der Waals surface area contributed by atoms with Gasteiger partial charge in [0.15, 0.2) is 0 Å². The minimum atomic E-state index is -0.508. The zero-order valence-corrected chi connectivity index (χ0v) is 11.3. The van der Waals surface area contributed by atoms with E-state index < -0.39 is 5.54 Å². The predicted octanol–water partition coefficient (Wildman–Crippen LogP) is 3.31. The molecule has 0 radical (unpaired) electrons. The van der Waals surface area contributed by atoms with Crippen LogP contribution in [-0.4, -0.2) is 6.10 Å². The number of nitrogens with two attached hydrogens (primary N) is 1. The topological polar surface area (TPSA) is 35.2 Å². The van der Waals surface area contributed by atoms with Crippen molar-refractivity contribution >= 4 is 0 Å². The Labute approximate surface area is 114 Å². The molecular formula is C17H19NO. The highest BCUT2D eigenvalue weighted by Gasteiger charge is 2.29. The van der Waals surface area contributed by atoms with E-state index in [1.54, 1.807) is 0 Å². The molecular weight excluding hydrogens is 234 g/mol. The Morgan fingerprint density at radius 3 is 2.79 bits per heavy atom. The van der Waals surface area contributed by atoms with Crippen LogP contribution >= 0.6 is 0 Å². The largest absolute Gasteiger partial charge is 0.481 e. The summed E-state index contributed by atoms with van der Waals surface area (Å²) in [5, 5.41) is 0. The fourth-order valence-electron chi connectivity index (χ4n) is 2.62. The number of benzene rings is 1. The Morgan fingerprint density at radius 2 is 1.95 bits per heavy atom. The van der Waals surface area contributed by atoms with E-state index in [0.717, 1.165) is 16.9 Å². The fourth-order valence-corrected chi connectivity index (χ4v) is 2.62. The Balaban J connectivity index is 2.14. The average molecular weight is 253 g/mol. The summed E-state index contributed by atoms with van der Waals surface area (Å²) < 4.78 is 6.14. The monoisotopic (exact) mass is 253 g/mol. The third kappa shape index (κ3) is 2.24. The van der Waals surface area contributed by atoms with Crippen LogP contribution < -0.4 is 10.5 Å². The van der Waals surface area contributed by atoms with Crippen molar-refractivity contribution in [3.63, 3.8) is 0 Å². The van der Waals surface area contributed by atoms with Gasteiger partial charge in [0.1, 0.15) is 11.9 Å². The van der Waals surface area contributed by atoms with Crippen molar-refractivity contribution in [2.45, 2.75) is 25.5 Å². The average Bonchev–Trinajstić information content (AvgIpc) is 2.60. The molecule has 19 heavy (non-hydrogen) atoms. The van der Waals surface area contributed by atoms with Crippen LogP contribution in [0, 0.1) is 5.92 Å². The van der Waals surface area contributed by atoms with Gasteiger partial charge >= 0.3 is 0 Å². The first-order chi connectivity index (χ1) is 9.06. The van der Waals surface area contributed by atoms with Crippen LogP contribution in [0.25, 0.3) is 0 Å². The van der Waals surface area contributed by atoms with Gasteiger partial charge in [-0.05, 0) is 30.6 Å². The van der Waals surface area contributed by atoms with Gasteiger partial charge in [0.2, 0.25) is 0 Å². The standard InChI is InChI=1S/C17H19NO/c1-12-7-9-13-11-17(2,18)14-5-3-4-6-16(14)19-15(13)10-8-12/h3-12,15H,18H2,1-2H3. The quantitative estimate of drug-likeness (QED) is 0.720. The number of allylic oxidation sites excluding steroid dienone is 2. The number of hydrogen-bond acceptors (Lipinski definition) is 2. The lowest BCUT2D eigenvalue weighted by atomic mass is 9.90. The van der Waals surface area contributed by atoms with E-state index in [9.17, 15) is 0 Å². The molecule has 0 aromatic heterocycles. The summed E-state index contributed by atoms with van der Waals surface area (Å²) >= 11 is 0. The van der Waals surface area contributed by atoms with Crippen LogP contribution in [-0.2, 0) is 5.54 Å². The van der Waals surface area contributed by atoms with Crippen molar-refractivity contribution in [3.05, 3.63) is 65.8 Å². The van der Waals surface area contributed by atoms with Crippen molar-refractivity contribution in [3.8, 4) is 5.75 Å². The van der Waals surface area contributed by atoms with Crippen LogP contribution in [0.3, 0.4) is 0 Å². The van der Waals surface area contributed by atoms with Crippen molar-refractivity contribution in [1.82, 2.24) is 0 Å². The van der Waals surface area contributed by atoms with Crippen molar-refractivity contribution in [2.24, 2.45) is 11.7 Å². The molecule has 0 amide bonds. The number of rotatable bonds is 0. The van der Waals surface area contributed by atoms with Crippen LogP contribution in [0.15, 0.2) is 60.2 Å². The lowest BCUT2D eigenvalue weighted by Gasteiger charge is -2.21. The van der Waals surface area contributed by atoms with E-state index in [2.05, 4.69) is 37.3 Å². The van der Waals surface area contributed by atoms with Gasteiger partial charge in [-0.3, -0.25) is 0 Å². The summed E-state index contributed by atoms with van der Waals surface area (Å²) in [7, 11) is 0. The van der Waals surface area contributed by atoms with E-state index in [1.807, 2.05) is 31.2 Å². The molecule has 1 aliphatic carbocycles. The van der Waals surface area contributed by atoms with Crippen LogP contribution in [0.2, 0.25) is 0 Å². The smallest absolute Gasteiger partial charge is 0.142 e. The van der Waals surface area contributed by atoms with Gasteiger partial charge in [-0.2, -0.15) is 0 Å². The first-order valence-corrected chi connectivity index (χ1v) is 6.70. The zero-order chi connectivity index (χ0) is 13.5. The minimum Gasteiger partial charge on any atom is -0.481 e. The Hall–Kier alpha value is -1.80. The molecule has 0 spiro atoms. The van der Waals surface area contributed by atoms with E-state index in [4.69, 9.17) is 10.5 Å². The van der Waals surface area contributed by atoms with Gasteiger partial charge in [0, 0.05) is 5.56 Å². The molecule has 1 aromatic rings. The maximum absolute atomic E-state index is 6.47. The van der Waals surface area contributed by atoms with Gasteiger partial charge in [-0.1, -0.05) is 49.4 Å². The first-order valence-electron chi connectivity index (χ1n) is 6.70. The lowest BCUT2D eigenvalue weighted by molar-refractivity contribution is 0.287. The molecule has 0 fully saturated rings. The summed E-state index contributed by atoms with van der Waals surface area (Å²) in [4.78, 5) is 0. The molecule has 2 heteroatoms. The fraction of sp³-hybridized carbons (Fsp3) is 0.294. The number of ether oxygens (including phenoxy) is 1. The van der Waals surface area contributed by atoms with Gasteiger partial charge in [-0.15, -0.1) is 0 Å². The van der Waals surface area contributed by atoms with Crippen molar-refractivity contribution < 1.29 is 4.74 Å². The maximum atomic E-state index is 6.47. The second-order valence-corrected chi connectivity index (χ2v) is 5.56. The van der Waals surface area contributed by atoms with Gasteiger partial charge < -0.3 is 10.5 Å². The summed E-state index contributed by atoms with van der Waals surface area (Å²) in [6.45, 7) is 4.19. The molecule has 1 aliphatic heterocycles. The Bertz CT molecular complexity index is 581. The molecule has 0 bridgehead atoms. The van der Waals surface area contributed by atoms with E-state index >= 15 is 0 Å². The highest BCUT2D eigenvalue weighted by Crippen LogP contribution is 2.36. The normalized spacial score (nSPS) is 32.5. The summed E-state index contributed by atoms with van der Waals surface area (Å²) in [6.07, 6.45) is 10.7. The van der Waals surface area contributed by atoms with Crippen LogP contribution in [0.4, 0.5) is 0 Å². The Morgan fingerprint density at radius 1 is 1.16 bits per heavy atom. The van der Waals surface area contributed by atoms with Crippen LogP contribution in [0.5, 0.6) is 5.75 Å². The number of para-hydroxylation sites is 1. The Kier molecular flexibility index (Phi) is 2.83. The molecule has 0 saturated carbocycles. The van der Waals surface area contributed by atoms with Gasteiger partial charge in [-0.25, -0.2) is 0 Å². The molecule has 3 unspecified atom stereocenters. The molecule has 2 N–H and O–H groups in total. The van der Waals surface area contributed by atoms with Gasteiger partial charge in [0.05, 0.1) is 5.54 Å². The molecule has 3 rings (SSSR count). The minimum absolute atomic E-state index is 0.0484. The SMILES string of the molecule is CC1C=CC2=CC(C)(N)c3ccccc3OC2C=C1. The predicted molar refractivity (Wildman–Crippen MR) is 77.9 cm³/mol. The molecule has 3 atom stereocenters. The lowest BCUT2D eigenvalue weighted by Crippen LogP contribution is -2.30. The summed E-state index contributed by atoms with van der Waals surface area (Å²) in [5.74, 6) is 1.30. The molecule has 98 valence electrons. The summed E-state index contributed by atoms with van der Waals surface area (Å²) in [6, 6.07) is 8.01. The second kappa shape index (κ2) is 4.39. The first kappa shape index (κ1) is 12.2. The summed E-state index contributed by atoms with van der Waals surface area (Å²) in [5.41, 5.74) is 8.12. The molecule has 2 aliphatic rings. The van der Waals surface area contributed by atoms with Gasteiger partial charge in [0.25, 0.3) is 0 Å². The highest BCUT2D eigenvalue weighted by atomic mass is 16.5. The van der Waals surface area contributed by atoms with Crippen molar-refractivity contribution in [1.29, 1.82) is 0 Å².